The first-order valence-corrected chi connectivity index (χ1v) is 8.45. The Kier molecular flexibility index (Phi) is 3.71. The third kappa shape index (κ3) is 2.35. The molecular formula is C19H21N3O2. The normalized spacial score (nSPS) is 21.5. The number of carbonyl (C=O) groups excluding carboxylic acids is 1. The summed E-state index contributed by atoms with van der Waals surface area (Å²) in [6, 6.07) is 10.5. The quantitative estimate of drug-likeness (QED) is 0.870. The van der Waals surface area contributed by atoms with Gasteiger partial charge in [-0.15, -0.1) is 0 Å². The fraction of sp³-hybridized carbons (Fsp3) is 0.421. The molecule has 24 heavy (non-hydrogen) atoms. The van der Waals surface area contributed by atoms with Gasteiger partial charge >= 0.3 is 0 Å². The first-order valence-electron chi connectivity index (χ1n) is 8.45. The van der Waals surface area contributed by atoms with E-state index in [1.54, 1.807) is 0 Å². The van der Waals surface area contributed by atoms with Gasteiger partial charge in [-0.2, -0.15) is 0 Å². The first-order chi connectivity index (χ1) is 11.7. The van der Waals surface area contributed by atoms with Gasteiger partial charge in [0.25, 0.3) is 5.91 Å². The highest BCUT2D eigenvalue weighted by Crippen LogP contribution is 2.58. The number of nitrogens with zero attached hydrogens (tertiary/aromatic N) is 3. The van der Waals surface area contributed by atoms with Gasteiger partial charge in [0.2, 0.25) is 5.88 Å². The molecule has 1 atom stereocenters. The maximum Gasteiger partial charge on any atom is 0.274 e. The highest BCUT2D eigenvalue weighted by molar-refractivity contribution is 5.93. The zero-order valence-corrected chi connectivity index (χ0v) is 13.8. The van der Waals surface area contributed by atoms with Crippen LogP contribution < -0.4 is 4.74 Å². The van der Waals surface area contributed by atoms with E-state index < -0.39 is 0 Å². The van der Waals surface area contributed by atoms with E-state index in [-0.39, 0.29) is 17.4 Å². The van der Waals surface area contributed by atoms with Crippen LogP contribution in [-0.2, 0) is 0 Å². The van der Waals surface area contributed by atoms with Gasteiger partial charge in [0.05, 0.1) is 25.5 Å². The number of amides is 1. The standard InChI is InChI=1S/C19H21N3O2/c1-24-16-12-20-11-15(21-16)18(23)22-13-19(9-5-6-10-19)17(22)14-7-3-2-4-8-14/h2-4,7-8,11-12,17H,5-6,9-10,13H2,1H3/t17-/m1/s1. The van der Waals surface area contributed by atoms with Gasteiger partial charge in [-0.05, 0) is 18.4 Å². The SMILES string of the molecule is COc1cncc(C(=O)N2CC3(CCCC3)[C@H]2c2ccccc2)n1. The Morgan fingerprint density at radius 2 is 1.96 bits per heavy atom. The van der Waals surface area contributed by atoms with Crippen LogP contribution in [0.15, 0.2) is 42.7 Å². The van der Waals surface area contributed by atoms with Crippen LogP contribution in [-0.4, -0.2) is 34.4 Å². The number of benzene rings is 1. The molecule has 1 saturated carbocycles. The molecule has 1 saturated heterocycles. The molecule has 0 N–H and O–H groups in total. The van der Waals surface area contributed by atoms with Crippen molar-refractivity contribution in [2.24, 2.45) is 5.41 Å². The number of hydrogen-bond acceptors (Lipinski definition) is 4. The molecule has 1 aliphatic heterocycles. The number of methoxy groups -OCH3 is 1. The minimum absolute atomic E-state index is 0.0622. The molecule has 1 aliphatic carbocycles. The predicted molar refractivity (Wildman–Crippen MR) is 89.7 cm³/mol. The molecule has 1 amide bonds. The van der Waals surface area contributed by atoms with Crippen molar-refractivity contribution in [3.63, 3.8) is 0 Å². The van der Waals surface area contributed by atoms with Crippen molar-refractivity contribution in [2.75, 3.05) is 13.7 Å². The second-order valence-corrected chi connectivity index (χ2v) is 6.76. The molecule has 2 aliphatic rings. The van der Waals surface area contributed by atoms with Crippen molar-refractivity contribution in [3.05, 3.63) is 54.0 Å². The number of aromatic nitrogens is 2. The Morgan fingerprint density at radius 1 is 1.21 bits per heavy atom. The molecule has 1 aromatic carbocycles. The van der Waals surface area contributed by atoms with Crippen molar-refractivity contribution in [1.29, 1.82) is 0 Å². The Labute approximate surface area is 141 Å². The molecule has 124 valence electrons. The number of likely N-dealkylation sites (tertiary alicyclic amines) is 1. The van der Waals surface area contributed by atoms with Gasteiger partial charge in [-0.1, -0.05) is 43.2 Å². The second kappa shape index (κ2) is 5.89. The van der Waals surface area contributed by atoms with E-state index >= 15 is 0 Å². The van der Waals surface area contributed by atoms with Gasteiger partial charge < -0.3 is 9.64 Å². The van der Waals surface area contributed by atoms with E-state index in [9.17, 15) is 4.79 Å². The lowest BCUT2D eigenvalue weighted by Gasteiger charge is -2.56. The maximum absolute atomic E-state index is 13.0. The molecule has 0 radical (unpaired) electrons. The summed E-state index contributed by atoms with van der Waals surface area (Å²) in [6.45, 7) is 0.810. The average Bonchev–Trinajstić information content (AvgIpc) is 3.12. The maximum atomic E-state index is 13.0. The van der Waals surface area contributed by atoms with Crippen LogP contribution in [0.4, 0.5) is 0 Å². The molecule has 1 spiro atoms. The van der Waals surface area contributed by atoms with Crippen LogP contribution in [0.3, 0.4) is 0 Å². The van der Waals surface area contributed by atoms with Crippen molar-refractivity contribution in [3.8, 4) is 5.88 Å². The Hall–Kier alpha value is -2.43. The summed E-state index contributed by atoms with van der Waals surface area (Å²) in [5.41, 5.74) is 1.81. The van der Waals surface area contributed by atoms with Crippen LogP contribution >= 0.6 is 0 Å². The molecular weight excluding hydrogens is 302 g/mol. The van der Waals surface area contributed by atoms with E-state index in [1.807, 2.05) is 23.1 Å². The molecule has 1 aromatic heterocycles. The number of ether oxygens (including phenoxy) is 1. The summed E-state index contributed by atoms with van der Waals surface area (Å²) in [4.78, 5) is 23.3. The lowest BCUT2D eigenvalue weighted by Crippen LogP contribution is -2.59. The highest BCUT2D eigenvalue weighted by atomic mass is 16.5. The predicted octanol–water partition coefficient (Wildman–Crippen LogP) is 3.24. The van der Waals surface area contributed by atoms with Crippen LogP contribution in [0.25, 0.3) is 0 Å². The Balaban J connectivity index is 1.66. The van der Waals surface area contributed by atoms with Crippen molar-refractivity contribution in [2.45, 2.75) is 31.7 Å². The summed E-state index contributed by atoms with van der Waals surface area (Å²) in [5, 5.41) is 0. The van der Waals surface area contributed by atoms with Crippen molar-refractivity contribution in [1.82, 2.24) is 14.9 Å². The fourth-order valence-electron chi connectivity index (χ4n) is 4.30. The molecule has 0 bridgehead atoms. The van der Waals surface area contributed by atoms with E-state index in [0.717, 1.165) is 6.54 Å². The summed E-state index contributed by atoms with van der Waals surface area (Å²) >= 11 is 0. The molecule has 5 nitrogen and oxygen atoms in total. The second-order valence-electron chi connectivity index (χ2n) is 6.76. The zero-order valence-electron chi connectivity index (χ0n) is 13.8. The lowest BCUT2D eigenvalue weighted by molar-refractivity contribution is -0.0514. The van der Waals surface area contributed by atoms with Crippen molar-refractivity contribution >= 4 is 5.91 Å². The minimum atomic E-state index is -0.0622. The van der Waals surface area contributed by atoms with E-state index in [4.69, 9.17) is 4.74 Å². The smallest absolute Gasteiger partial charge is 0.274 e. The molecule has 2 fully saturated rings. The van der Waals surface area contributed by atoms with E-state index in [1.165, 1.54) is 50.8 Å². The summed E-state index contributed by atoms with van der Waals surface area (Å²) in [7, 11) is 1.53. The summed E-state index contributed by atoms with van der Waals surface area (Å²) < 4.78 is 5.10. The third-order valence-corrected chi connectivity index (χ3v) is 5.39. The van der Waals surface area contributed by atoms with Gasteiger partial charge in [-0.3, -0.25) is 9.78 Å². The molecule has 5 heteroatoms. The van der Waals surface area contributed by atoms with Gasteiger partial charge in [0, 0.05) is 12.0 Å². The monoisotopic (exact) mass is 323 g/mol. The Bertz CT molecular complexity index is 741. The fourth-order valence-corrected chi connectivity index (χ4v) is 4.30. The summed E-state index contributed by atoms with van der Waals surface area (Å²) in [6.07, 6.45) is 7.93. The highest BCUT2D eigenvalue weighted by Gasteiger charge is 2.56. The summed E-state index contributed by atoms with van der Waals surface area (Å²) in [5.74, 6) is 0.306. The lowest BCUT2D eigenvalue weighted by atomic mass is 9.67. The van der Waals surface area contributed by atoms with E-state index in [0.29, 0.717) is 11.6 Å². The molecule has 4 rings (SSSR count). The van der Waals surface area contributed by atoms with Gasteiger partial charge in [0.15, 0.2) is 5.69 Å². The topological polar surface area (TPSA) is 55.3 Å². The van der Waals surface area contributed by atoms with Crippen LogP contribution in [0.5, 0.6) is 5.88 Å². The first kappa shape index (κ1) is 15.1. The Morgan fingerprint density at radius 3 is 2.67 bits per heavy atom. The van der Waals surface area contributed by atoms with Crippen LogP contribution in [0, 0.1) is 5.41 Å². The largest absolute Gasteiger partial charge is 0.480 e. The van der Waals surface area contributed by atoms with Crippen LogP contribution in [0.1, 0.15) is 47.8 Å². The minimum Gasteiger partial charge on any atom is -0.480 e. The van der Waals surface area contributed by atoms with E-state index in [2.05, 4.69) is 22.1 Å². The number of rotatable bonds is 3. The average molecular weight is 323 g/mol. The molecule has 2 heterocycles. The van der Waals surface area contributed by atoms with Gasteiger partial charge in [0.1, 0.15) is 0 Å². The number of carbonyl (C=O) groups is 1. The van der Waals surface area contributed by atoms with Gasteiger partial charge in [-0.25, -0.2) is 4.98 Å². The van der Waals surface area contributed by atoms with Crippen molar-refractivity contribution < 1.29 is 9.53 Å². The molecule has 2 aromatic rings. The molecule has 0 unspecified atom stereocenters. The number of hydrogen-bond donors (Lipinski definition) is 0. The zero-order chi connectivity index (χ0) is 16.6. The third-order valence-electron chi connectivity index (χ3n) is 5.39. The van der Waals surface area contributed by atoms with Crippen LogP contribution in [0.2, 0.25) is 0 Å².